The van der Waals surface area contributed by atoms with Crippen molar-refractivity contribution < 1.29 is 9.59 Å². The Morgan fingerprint density at radius 3 is 2.52 bits per heavy atom. The highest BCUT2D eigenvalue weighted by Crippen LogP contribution is 2.04. The van der Waals surface area contributed by atoms with E-state index in [0.717, 1.165) is 12.8 Å². The second-order valence-corrected chi connectivity index (χ2v) is 5.02. The second kappa shape index (κ2) is 9.94. The van der Waals surface area contributed by atoms with Gasteiger partial charge in [0.1, 0.15) is 0 Å². The first-order valence-electron chi connectivity index (χ1n) is 7.47. The molecule has 0 saturated carbocycles. The van der Waals surface area contributed by atoms with E-state index in [1.54, 1.807) is 0 Å². The molecule has 0 bridgehead atoms. The van der Waals surface area contributed by atoms with E-state index < -0.39 is 6.04 Å². The lowest BCUT2D eigenvalue weighted by Crippen LogP contribution is -2.42. The SMILES string of the molecule is CCCNC(=O)CCNC(=O)[C@@H](N)CCc1ccccc1. The summed E-state index contributed by atoms with van der Waals surface area (Å²) in [6.07, 6.45) is 2.56. The zero-order valence-corrected chi connectivity index (χ0v) is 12.6. The summed E-state index contributed by atoms with van der Waals surface area (Å²) in [5.41, 5.74) is 7.02. The average Bonchev–Trinajstić information content (AvgIpc) is 2.51. The van der Waals surface area contributed by atoms with Gasteiger partial charge in [0.15, 0.2) is 0 Å². The minimum Gasteiger partial charge on any atom is -0.356 e. The van der Waals surface area contributed by atoms with Crippen LogP contribution in [-0.4, -0.2) is 30.9 Å². The van der Waals surface area contributed by atoms with E-state index in [-0.39, 0.29) is 18.2 Å². The molecule has 5 heteroatoms. The van der Waals surface area contributed by atoms with Crippen LogP contribution in [0.25, 0.3) is 0 Å². The van der Waals surface area contributed by atoms with Gasteiger partial charge in [-0.15, -0.1) is 0 Å². The zero-order valence-electron chi connectivity index (χ0n) is 12.6. The number of amides is 2. The van der Waals surface area contributed by atoms with Crippen LogP contribution in [0.3, 0.4) is 0 Å². The lowest BCUT2D eigenvalue weighted by Gasteiger charge is -2.12. The Morgan fingerprint density at radius 2 is 1.86 bits per heavy atom. The first kappa shape index (κ1) is 17.2. The maximum absolute atomic E-state index is 11.8. The van der Waals surface area contributed by atoms with Crippen molar-refractivity contribution in [3.8, 4) is 0 Å². The van der Waals surface area contributed by atoms with Gasteiger partial charge in [-0.1, -0.05) is 37.3 Å². The van der Waals surface area contributed by atoms with Gasteiger partial charge in [-0.2, -0.15) is 0 Å². The molecule has 0 heterocycles. The molecule has 0 aromatic heterocycles. The predicted octanol–water partition coefficient (Wildman–Crippen LogP) is 0.979. The van der Waals surface area contributed by atoms with Gasteiger partial charge in [-0.25, -0.2) is 0 Å². The monoisotopic (exact) mass is 291 g/mol. The molecule has 2 amide bonds. The lowest BCUT2D eigenvalue weighted by molar-refractivity contribution is -0.123. The third kappa shape index (κ3) is 7.46. The third-order valence-corrected chi connectivity index (χ3v) is 3.15. The molecule has 0 aliphatic heterocycles. The molecule has 0 spiro atoms. The fraction of sp³-hybridized carbons (Fsp3) is 0.500. The summed E-state index contributed by atoms with van der Waals surface area (Å²) < 4.78 is 0. The number of carbonyl (C=O) groups excluding carboxylic acids is 2. The Morgan fingerprint density at radius 1 is 1.14 bits per heavy atom. The molecule has 0 fully saturated rings. The molecule has 1 aromatic carbocycles. The molecule has 0 saturated heterocycles. The largest absolute Gasteiger partial charge is 0.356 e. The van der Waals surface area contributed by atoms with Crippen LogP contribution in [-0.2, 0) is 16.0 Å². The Bertz CT molecular complexity index is 434. The predicted molar refractivity (Wildman–Crippen MR) is 83.7 cm³/mol. The Hall–Kier alpha value is -1.88. The smallest absolute Gasteiger partial charge is 0.236 e. The van der Waals surface area contributed by atoms with E-state index in [1.165, 1.54) is 5.56 Å². The number of aryl methyl sites for hydroxylation is 1. The van der Waals surface area contributed by atoms with Crippen LogP contribution in [0.2, 0.25) is 0 Å². The van der Waals surface area contributed by atoms with Gasteiger partial charge >= 0.3 is 0 Å². The number of nitrogens with one attached hydrogen (secondary N) is 2. The summed E-state index contributed by atoms with van der Waals surface area (Å²) in [5, 5.41) is 5.46. The van der Waals surface area contributed by atoms with Gasteiger partial charge in [0.25, 0.3) is 0 Å². The standard InChI is InChI=1S/C16H25N3O2/c1-2-11-18-15(20)10-12-19-16(21)14(17)9-8-13-6-4-3-5-7-13/h3-7,14H,2,8-12,17H2,1H3,(H,18,20)(H,19,21)/t14-/m0/s1. The summed E-state index contributed by atoms with van der Waals surface area (Å²) in [6.45, 7) is 2.99. The van der Waals surface area contributed by atoms with Gasteiger partial charge in [-0.05, 0) is 24.8 Å². The second-order valence-electron chi connectivity index (χ2n) is 5.02. The van der Waals surface area contributed by atoms with Crippen LogP contribution in [0.4, 0.5) is 0 Å². The molecule has 1 aromatic rings. The Labute approximate surface area is 126 Å². The van der Waals surface area contributed by atoms with E-state index in [2.05, 4.69) is 10.6 Å². The molecule has 0 unspecified atom stereocenters. The summed E-state index contributed by atoms with van der Waals surface area (Å²) in [5.74, 6) is -0.246. The van der Waals surface area contributed by atoms with Gasteiger partial charge in [0, 0.05) is 19.5 Å². The van der Waals surface area contributed by atoms with Crippen LogP contribution in [0.1, 0.15) is 31.7 Å². The van der Waals surface area contributed by atoms with Crippen LogP contribution in [0.15, 0.2) is 30.3 Å². The zero-order chi connectivity index (χ0) is 15.5. The van der Waals surface area contributed by atoms with Crippen molar-refractivity contribution >= 4 is 11.8 Å². The highest BCUT2D eigenvalue weighted by molar-refractivity contribution is 5.82. The van der Waals surface area contributed by atoms with E-state index in [0.29, 0.717) is 19.5 Å². The maximum Gasteiger partial charge on any atom is 0.236 e. The van der Waals surface area contributed by atoms with Crippen LogP contribution in [0.5, 0.6) is 0 Å². The number of hydrogen-bond donors (Lipinski definition) is 3. The fourth-order valence-electron chi connectivity index (χ4n) is 1.88. The fourth-order valence-corrected chi connectivity index (χ4v) is 1.88. The molecule has 116 valence electrons. The maximum atomic E-state index is 11.8. The molecule has 0 radical (unpaired) electrons. The van der Waals surface area contributed by atoms with Gasteiger partial charge in [0.2, 0.25) is 11.8 Å². The first-order chi connectivity index (χ1) is 10.1. The molecule has 4 N–H and O–H groups in total. The normalized spacial score (nSPS) is 11.7. The van der Waals surface area contributed by atoms with Crippen molar-refractivity contribution in [2.75, 3.05) is 13.1 Å². The molecule has 21 heavy (non-hydrogen) atoms. The van der Waals surface area contributed by atoms with E-state index >= 15 is 0 Å². The summed E-state index contributed by atoms with van der Waals surface area (Å²) >= 11 is 0. The first-order valence-corrected chi connectivity index (χ1v) is 7.47. The van der Waals surface area contributed by atoms with Crippen LogP contribution in [0, 0.1) is 0 Å². The van der Waals surface area contributed by atoms with Crippen molar-refractivity contribution in [2.24, 2.45) is 5.73 Å². The average molecular weight is 291 g/mol. The lowest BCUT2D eigenvalue weighted by atomic mass is 10.1. The van der Waals surface area contributed by atoms with Crippen molar-refractivity contribution in [3.63, 3.8) is 0 Å². The third-order valence-electron chi connectivity index (χ3n) is 3.15. The molecule has 1 rings (SSSR count). The van der Waals surface area contributed by atoms with Crippen molar-refractivity contribution in [3.05, 3.63) is 35.9 Å². The quantitative estimate of drug-likeness (QED) is 0.634. The summed E-state index contributed by atoms with van der Waals surface area (Å²) in [7, 11) is 0. The summed E-state index contributed by atoms with van der Waals surface area (Å²) in [4.78, 5) is 23.2. The molecule has 1 atom stereocenters. The highest BCUT2D eigenvalue weighted by atomic mass is 16.2. The van der Waals surface area contributed by atoms with Gasteiger partial charge in [0.05, 0.1) is 6.04 Å². The molecule has 5 nitrogen and oxygen atoms in total. The van der Waals surface area contributed by atoms with Gasteiger partial charge in [-0.3, -0.25) is 9.59 Å². The molecular formula is C16H25N3O2. The molecule has 0 aliphatic rings. The van der Waals surface area contributed by atoms with Crippen LogP contribution < -0.4 is 16.4 Å². The number of hydrogen-bond acceptors (Lipinski definition) is 3. The van der Waals surface area contributed by atoms with E-state index in [1.807, 2.05) is 37.3 Å². The van der Waals surface area contributed by atoms with Crippen LogP contribution >= 0.6 is 0 Å². The Balaban J connectivity index is 2.18. The van der Waals surface area contributed by atoms with Gasteiger partial charge < -0.3 is 16.4 Å². The number of carbonyl (C=O) groups is 2. The van der Waals surface area contributed by atoms with Crippen molar-refractivity contribution in [2.45, 2.75) is 38.6 Å². The topological polar surface area (TPSA) is 84.2 Å². The number of rotatable bonds is 9. The van der Waals surface area contributed by atoms with Crippen molar-refractivity contribution in [1.29, 1.82) is 0 Å². The van der Waals surface area contributed by atoms with E-state index in [9.17, 15) is 9.59 Å². The minimum absolute atomic E-state index is 0.0463. The highest BCUT2D eigenvalue weighted by Gasteiger charge is 2.13. The molecular weight excluding hydrogens is 266 g/mol. The summed E-state index contributed by atoms with van der Waals surface area (Å²) in [6, 6.07) is 9.39. The van der Waals surface area contributed by atoms with Crippen molar-refractivity contribution in [1.82, 2.24) is 10.6 Å². The van der Waals surface area contributed by atoms with E-state index in [4.69, 9.17) is 5.73 Å². The Kier molecular flexibility index (Phi) is 8.12. The number of nitrogens with two attached hydrogens (primary N) is 1. The number of benzene rings is 1. The minimum atomic E-state index is -0.538. The molecule has 0 aliphatic carbocycles.